The normalized spacial score (nSPS) is 10.1. The molecule has 0 bridgehead atoms. The van der Waals surface area contributed by atoms with Crippen LogP contribution in [0.25, 0.3) is 0 Å². The van der Waals surface area contributed by atoms with Crippen molar-refractivity contribution in [3.63, 3.8) is 0 Å². The highest BCUT2D eigenvalue weighted by atomic mass is 16.4. The van der Waals surface area contributed by atoms with Crippen molar-refractivity contribution in [3.8, 4) is 0 Å². The number of hydrogen-bond donors (Lipinski definition) is 2. The van der Waals surface area contributed by atoms with Crippen molar-refractivity contribution in [2.45, 2.75) is 6.92 Å². The Balaban J connectivity index is 2.10. The predicted octanol–water partition coefficient (Wildman–Crippen LogP) is 2.54. The highest BCUT2D eigenvalue weighted by Crippen LogP contribution is 2.13. The molecular formula is C13H11NO4. The Hall–Kier alpha value is -2.56. The van der Waals surface area contributed by atoms with Crippen molar-refractivity contribution < 1.29 is 19.1 Å². The van der Waals surface area contributed by atoms with Gasteiger partial charge in [-0.2, -0.15) is 0 Å². The van der Waals surface area contributed by atoms with Crippen LogP contribution in [-0.4, -0.2) is 17.0 Å². The van der Waals surface area contributed by atoms with Crippen LogP contribution < -0.4 is 5.32 Å². The van der Waals surface area contributed by atoms with E-state index in [1.807, 2.05) is 0 Å². The van der Waals surface area contributed by atoms with Crippen LogP contribution >= 0.6 is 0 Å². The van der Waals surface area contributed by atoms with Crippen LogP contribution in [0.2, 0.25) is 0 Å². The Morgan fingerprint density at radius 1 is 1.17 bits per heavy atom. The number of aromatic carboxylic acids is 1. The standard InChI is InChI=1S/C13H11NO4/c1-8-6-10(7-18-8)12(15)14-11-4-2-9(3-5-11)13(16)17/h2-7H,1H3,(H,14,15)(H,16,17). The summed E-state index contributed by atoms with van der Waals surface area (Å²) >= 11 is 0. The fourth-order valence-corrected chi connectivity index (χ4v) is 1.46. The van der Waals surface area contributed by atoms with E-state index in [0.717, 1.165) is 0 Å². The first kappa shape index (κ1) is 11.9. The average Bonchev–Trinajstić information content (AvgIpc) is 2.76. The fraction of sp³-hybridized carbons (Fsp3) is 0.0769. The molecule has 2 rings (SSSR count). The third-order valence-corrected chi connectivity index (χ3v) is 2.38. The van der Waals surface area contributed by atoms with Crippen molar-refractivity contribution in [1.29, 1.82) is 0 Å². The predicted molar refractivity (Wildman–Crippen MR) is 64.8 cm³/mol. The summed E-state index contributed by atoms with van der Waals surface area (Å²) in [6.45, 7) is 1.75. The van der Waals surface area contributed by atoms with Gasteiger partial charge in [0, 0.05) is 5.69 Å². The molecule has 0 saturated heterocycles. The Labute approximate surface area is 103 Å². The quantitative estimate of drug-likeness (QED) is 0.870. The molecular weight excluding hydrogens is 234 g/mol. The molecule has 18 heavy (non-hydrogen) atoms. The average molecular weight is 245 g/mol. The van der Waals surface area contributed by atoms with Crippen molar-refractivity contribution in [3.05, 3.63) is 53.5 Å². The van der Waals surface area contributed by atoms with Crippen LogP contribution in [0.5, 0.6) is 0 Å². The van der Waals surface area contributed by atoms with E-state index in [9.17, 15) is 9.59 Å². The van der Waals surface area contributed by atoms with Crippen molar-refractivity contribution in [2.24, 2.45) is 0 Å². The van der Waals surface area contributed by atoms with Gasteiger partial charge in [0.15, 0.2) is 0 Å². The maximum absolute atomic E-state index is 11.8. The highest BCUT2D eigenvalue weighted by molar-refractivity contribution is 6.04. The van der Waals surface area contributed by atoms with E-state index in [0.29, 0.717) is 17.0 Å². The number of anilines is 1. The van der Waals surface area contributed by atoms with Gasteiger partial charge < -0.3 is 14.8 Å². The molecule has 0 spiro atoms. The summed E-state index contributed by atoms with van der Waals surface area (Å²) in [7, 11) is 0. The second-order valence-corrected chi connectivity index (χ2v) is 3.78. The van der Waals surface area contributed by atoms with E-state index in [1.165, 1.54) is 30.5 Å². The second kappa shape index (κ2) is 4.75. The van der Waals surface area contributed by atoms with Crippen LogP contribution in [0.3, 0.4) is 0 Å². The van der Waals surface area contributed by atoms with Crippen LogP contribution in [0.1, 0.15) is 26.5 Å². The van der Waals surface area contributed by atoms with Gasteiger partial charge in [-0.15, -0.1) is 0 Å². The Morgan fingerprint density at radius 3 is 2.33 bits per heavy atom. The van der Waals surface area contributed by atoms with Crippen molar-refractivity contribution in [2.75, 3.05) is 5.32 Å². The number of nitrogens with one attached hydrogen (secondary N) is 1. The lowest BCUT2D eigenvalue weighted by Gasteiger charge is -2.03. The molecule has 0 atom stereocenters. The summed E-state index contributed by atoms with van der Waals surface area (Å²) in [4.78, 5) is 22.4. The first-order chi connectivity index (χ1) is 8.56. The molecule has 1 heterocycles. The number of rotatable bonds is 3. The lowest BCUT2D eigenvalue weighted by atomic mass is 10.2. The minimum atomic E-state index is -1.00. The van der Waals surface area contributed by atoms with Crippen molar-refractivity contribution >= 4 is 17.6 Å². The second-order valence-electron chi connectivity index (χ2n) is 3.78. The van der Waals surface area contributed by atoms with Crippen molar-refractivity contribution in [1.82, 2.24) is 0 Å². The van der Waals surface area contributed by atoms with Crippen LogP contribution in [-0.2, 0) is 0 Å². The van der Waals surface area contributed by atoms with Gasteiger partial charge in [-0.1, -0.05) is 0 Å². The van der Waals surface area contributed by atoms with Gasteiger partial charge in [0.2, 0.25) is 0 Å². The Morgan fingerprint density at radius 2 is 1.83 bits per heavy atom. The third-order valence-electron chi connectivity index (χ3n) is 2.38. The zero-order chi connectivity index (χ0) is 13.1. The van der Waals surface area contributed by atoms with Gasteiger partial charge in [-0.3, -0.25) is 4.79 Å². The molecule has 1 aromatic heterocycles. The molecule has 0 fully saturated rings. The minimum Gasteiger partial charge on any atom is -0.478 e. The molecule has 0 aliphatic heterocycles. The van der Waals surface area contributed by atoms with E-state index in [-0.39, 0.29) is 11.5 Å². The first-order valence-electron chi connectivity index (χ1n) is 5.26. The summed E-state index contributed by atoms with van der Waals surface area (Å²) < 4.78 is 5.04. The Bertz CT molecular complexity index is 583. The third kappa shape index (κ3) is 2.57. The smallest absolute Gasteiger partial charge is 0.335 e. The summed E-state index contributed by atoms with van der Waals surface area (Å²) in [6, 6.07) is 7.56. The van der Waals surface area contributed by atoms with Crippen LogP contribution in [0.4, 0.5) is 5.69 Å². The molecule has 1 aromatic carbocycles. The number of benzene rings is 1. The molecule has 5 nitrogen and oxygen atoms in total. The van der Waals surface area contributed by atoms with Gasteiger partial charge >= 0.3 is 5.97 Å². The van der Waals surface area contributed by atoms with E-state index in [2.05, 4.69) is 5.32 Å². The number of hydrogen-bond acceptors (Lipinski definition) is 3. The van der Waals surface area contributed by atoms with Gasteiger partial charge in [-0.25, -0.2) is 4.79 Å². The Kier molecular flexibility index (Phi) is 3.14. The van der Waals surface area contributed by atoms with E-state index in [4.69, 9.17) is 9.52 Å². The van der Waals surface area contributed by atoms with Gasteiger partial charge in [-0.05, 0) is 37.3 Å². The minimum absolute atomic E-state index is 0.173. The monoisotopic (exact) mass is 245 g/mol. The largest absolute Gasteiger partial charge is 0.478 e. The number of aryl methyl sites for hydroxylation is 1. The zero-order valence-corrected chi connectivity index (χ0v) is 9.64. The number of carboxylic acids is 1. The number of furan rings is 1. The molecule has 2 aromatic rings. The molecule has 0 radical (unpaired) electrons. The molecule has 0 aliphatic carbocycles. The number of amides is 1. The van der Waals surface area contributed by atoms with Gasteiger partial charge in [0.05, 0.1) is 11.1 Å². The molecule has 0 unspecified atom stereocenters. The summed E-state index contributed by atoms with van der Waals surface area (Å²) in [5, 5.41) is 11.4. The van der Waals surface area contributed by atoms with E-state index >= 15 is 0 Å². The van der Waals surface area contributed by atoms with Crippen LogP contribution in [0, 0.1) is 6.92 Å². The topological polar surface area (TPSA) is 79.5 Å². The maximum atomic E-state index is 11.8. The molecule has 2 N–H and O–H groups in total. The lowest BCUT2D eigenvalue weighted by Crippen LogP contribution is -2.10. The fourth-order valence-electron chi connectivity index (χ4n) is 1.46. The summed E-state index contributed by atoms with van der Waals surface area (Å²) in [6.07, 6.45) is 1.37. The molecule has 0 saturated carbocycles. The van der Waals surface area contributed by atoms with Crippen LogP contribution in [0.15, 0.2) is 41.0 Å². The molecule has 1 amide bonds. The maximum Gasteiger partial charge on any atom is 0.335 e. The summed E-state index contributed by atoms with van der Waals surface area (Å²) in [5.74, 6) is -0.644. The molecule has 92 valence electrons. The van der Waals surface area contributed by atoms with Gasteiger partial charge in [0.25, 0.3) is 5.91 Å². The summed E-state index contributed by atoms with van der Waals surface area (Å²) in [5.41, 5.74) is 1.13. The molecule has 0 aliphatic rings. The molecule has 5 heteroatoms. The number of carbonyl (C=O) groups is 2. The van der Waals surface area contributed by atoms with E-state index in [1.54, 1.807) is 13.0 Å². The zero-order valence-electron chi connectivity index (χ0n) is 9.64. The lowest BCUT2D eigenvalue weighted by molar-refractivity contribution is 0.0696. The number of carboxylic acid groups (broad SMARTS) is 1. The number of carbonyl (C=O) groups excluding carboxylic acids is 1. The SMILES string of the molecule is Cc1cc(C(=O)Nc2ccc(C(=O)O)cc2)co1. The highest BCUT2D eigenvalue weighted by Gasteiger charge is 2.09. The first-order valence-corrected chi connectivity index (χ1v) is 5.26. The van der Waals surface area contributed by atoms with E-state index < -0.39 is 5.97 Å². The van der Waals surface area contributed by atoms with Gasteiger partial charge in [0.1, 0.15) is 12.0 Å².